The number of imide groups is 2. The Morgan fingerprint density at radius 1 is 0.986 bits per heavy atom. The van der Waals surface area contributed by atoms with Crippen molar-refractivity contribution in [3.8, 4) is 35.4 Å². The van der Waals surface area contributed by atoms with Crippen molar-refractivity contribution in [2.45, 2.75) is 95.2 Å². The lowest BCUT2D eigenvalue weighted by Crippen LogP contribution is -2.54. The number of halogens is 2. The van der Waals surface area contributed by atoms with Gasteiger partial charge in [-0.15, -0.1) is 6.42 Å². The van der Waals surface area contributed by atoms with Crippen LogP contribution in [0.5, 0.6) is 11.8 Å². The second-order valence-electron chi connectivity index (χ2n) is 20.6. The number of fused-ring (bicyclic) bond motifs is 6. The molecule has 16 nitrogen and oxygen atoms in total. The Labute approximate surface area is 414 Å². The van der Waals surface area contributed by atoms with E-state index in [1.54, 1.807) is 24.1 Å². The van der Waals surface area contributed by atoms with Gasteiger partial charge in [-0.05, 0) is 105 Å². The molecular weight excluding hydrogens is 925 g/mol. The second kappa shape index (κ2) is 18.7. The molecule has 2 aliphatic carbocycles. The summed E-state index contributed by atoms with van der Waals surface area (Å²) < 4.78 is 39.0. The van der Waals surface area contributed by atoms with Crippen LogP contribution in [0.15, 0.2) is 48.7 Å². The number of hydrogen-bond donors (Lipinski definition) is 4. The van der Waals surface area contributed by atoms with Crippen molar-refractivity contribution in [2.75, 3.05) is 50.1 Å². The molecule has 6 heterocycles. The third-order valence-corrected chi connectivity index (χ3v) is 16.2. The van der Waals surface area contributed by atoms with Gasteiger partial charge in [0.25, 0.3) is 11.8 Å². The third-order valence-electron chi connectivity index (χ3n) is 16.2. The Hall–Kier alpha value is -7.26. The summed E-state index contributed by atoms with van der Waals surface area (Å²) in [5.74, 6) is -0.432. The Morgan fingerprint density at radius 3 is 2.60 bits per heavy atom. The molecule has 5 fully saturated rings. The maximum absolute atomic E-state index is 17.3. The third kappa shape index (κ3) is 8.40. The van der Waals surface area contributed by atoms with E-state index in [4.69, 9.17) is 21.1 Å². The Kier molecular flexibility index (Phi) is 12.2. The van der Waals surface area contributed by atoms with E-state index in [9.17, 15) is 29.1 Å². The molecule has 5 amide bonds. The normalized spacial score (nSPS) is 24.8. The van der Waals surface area contributed by atoms with E-state index >= 15 is 8.78 Å². The molecule has 2 bridgehead atoms. The van der Waals surface area contributed by atoms with Crippen molar-refractivity contribution in [2.24, 2.45) is 17.3 Å². The molecule has 3 aromatic carbocycles. The first-order chi connectivity index (χ1) is 34.8. The molecule has 18 heteroatoms. The largest absolute Gasteiger partial charge is 0.508 e. The fourth-order valence-corrected chi connectivity index (χ4v) is 12.6. The number of ether oxygens (including phenoxy) is 1. The molecule has 4 aliphatic heterocycles. The van der Waals surface area contributed by atoms with E-state index in [0.717, 1.165) is 62.7 Å². The summed E-state index contributed by atoms with van der Waals surface area (Å²) >= 11 is 0. The second-order valence-corrected chi connectivity index (χ2v) is 20.6. The lowest BCUT2D eigenvalue weighted by Gasteiger charge is -2.35. The molecule has 4 unspecified atom stereocenters. The zero-order valence-corrected chi connectivity index (χ0v) is 39.9. The fourth-order valence-electron chi connectivity index (χ4n) is 12.6. The molecule has 11 rings (SSSR count). The molecule has 5 aromatic rings. The van der Waals surface area contributed by atoms with Crippen LogP contribution in [0.1, 0.15) is 103 Å². The summed E-state index contributed by atoms with van der Waals surface area (Å²) in [6, 6.07) is 9.82. The number of amides is 5. The van der Waals surface area contributed by atoms with Gasteiger partial charge in [0, 0.05) is 86.4 Å². The van der Waals surface area contributed by atoms with E-state index in [1.807, 2.05) is 0 Å². The minimum Gasteiger partial charge on any atom is -0.508 e. The Balaban J connectivity index is 0.781. The lowest BCUT2D eigenvalue weighted by molar-refractivity contribution is -0.136. The standard InChI is InChI=1S/C54H55F2N9O7/c1-3-35-39(55)14-10-30-22-34(66)23-37(44(30)35)47-46(56)48-38(24-58-47)49(64-26-32-12-13-33(27-64)59-32)62-53(61-48)72-28-54-19-5-6-31(54)11-9-29(17-20-54)25-63(2)43(68)18-21-57-40-8-4-7-36-45(40)52(71)65(51(36)70)41-15-16-42(67)60-50(41)69/h1,4,7-8,10,14,22-24,29,31-33,41,57,59,66H,5-6,9,11-13,15-21,25-28H2,2H3,(H,60,67,69)/t29-,31?,32?,33?,41?,54+/m0/s1. The Bertz CT molecular complexity index is 3130. The predicted octanol–water partition coefficient (Wildman–Crippen LogP) is 6.47. The van der Waals surface area contributed by atoms with Crippen LogP contribution < -0.4 is 25.6 Å². The highest BCUT2D eigenvalue weighted by atomic mass is 19.1. The molecule has 0 radical (unpaired) electrons. The monoisotopic (exact) mass is 979 g/mol. The number of nitrogens with zero attached hydrogens (tertiary/aromatic N) is 6. The average Bonchev–Trinajstić information content (AvgIpc) is 3.98. The number of piperazine rings is 1. The number of terminal acetylenes is 1. The van der Waals surface area contributed by atoms with Crippen molar-refractivity contribution in [1.82, 2.24) is 35.4 Å². The van der Waals surface area contributed by atoms with Gasteiger partial charge in [-0.3, -0.25) is 39.2 Å². The molecule has 2 saturated carbocycles. The minimum absolute atomic E-state index is 0.00182. The lowest BCUT2D eigenvalue weighted by atomic mass is 9.75. The first-order valence-corrected chi connectivity index (χ1v) is 25.0. The van der Waals surface area contributed by atoms with Gasteiger partial charge in [-0.25, -0.2) is 8.78 Å². The molecule has 72 heavy (non-hydrogen) atoms. The number of hydrogen-bond acceptors (Lipinski definition) is 13. The highest BCUT2D eigenvalue weighted by molar-refractivity contribution is 6.25. The minimum atomic E-state index is -1.08. The molecular formula is C54H55F2N9O7. The number of piperidine rings is 1. The van der Waals surface area contributed by atoms with Crippen molar-refractivity contribution < 1.29 is 42.6 Å². The van der Waals surface area contributed by atoms with Crippen LogP contribution in [0, 0.1) is 41.2 Å². The zero-order chi connectivity index (χ0) is 50.0. The molecule has 3 saturated heterocycles. The predicted molar refractivity (Wildman–Crippen MR) is 263 cm³/mol. The van der Waals surface area contributed by atoms with E-state index in [0.29, 0.717) is 54.4 Å². The topological polar surface area (TPSA) is 199 Å². The molecule has 6 atom stereocenters. The Morgan fingerprint density at radius 2 is 1.81 bits per heavy atom. The van der Waals surface area contributed by atoms with Gasteiger partial charge in [0.2, 0.25) is 17.7 Å². The number of phenolic OH excluding ortho intramolecular Hbond substituents is 1. The van der Waals surface area contributed by atoms with Gasteiger partial charge >= 0.3 is 6.01 Å². The van der Waals surface area contributed by atoms with Crippen molar-refractivity contribution in [1.29, 1.82) is 0 Å². The summed E-state index contributed by atoms with van der Waals surface area (Å²) in [6.45, 7) is 2.45. The molecule has 2 aromatic heterocycles. The van der Waals surface area contributed by atoms with Gasteiger partial charge < -0.3 is 30.3 Å². The van der Waals surface area contributed by atoms with Crippen LogP contribution in [0.4, 0.5) is 20.3 Å². The maximum atomic E-state index is 17.3. The van der Waals surface area contributed by atoms with Gasteiger partial charge in [-0.1, -0.05) is 24.5 Å². The summed E-state index contributed by atoms with van der Waals surface area (Å²) in [6.07, 6.45) is 16.3. The first-order valence-electron chi connectivity index (χ1n) is 25.0. The number of carbonyl (C=O) groups is 5. The van der Waals surface area contributed by atoms with Crippen LogP contribution >= 0.6 is 0 Å². The van der Waals surface area contributed by atoms with Crippen molar-refractivity contribution >= 4 is 62.7 Å². The van der Waals surface area contributed by atoms with Gasteiger partial charge in [-0.2, -0.15) is 9.97 Å². The number of carbonyl (C=O) groups excluding carboxylic acids is 5. The number of aromatic nitrogens is 3. The summed E-state index contributed by atoms with van der Waals surface area (Å²) in [5.41, 5.74) is 0.458. The number of pyridine rings is 1. The van der Waals surface area contributed by atoms with Crippen LogP contribution in [-0.2, 0) is 14.4 Å². The van der Waals surface area contributed by atoms with Crippen molar-refractivity contribution in [3.63, 3.8) is 0 Å². The van der Waals surface area contributed by atoms with Crippen LogP contribution in [0.2, 0.25) is 0 Å². The van der Waals surface area contributed by atoms with E-state index in [-0.39, 0.29) is 106 Å². The summed E-state index contributed by atoms with van der Waals surface area (Å²) in [4.78, 5) is 83.9. The molecule has 4 N–H and O–H groups in total. The number of anilines is 2. The molecule has 0 spiro atoms. The SMILES string of the molecule is C#Cc1c(F)ccc2cc(O)cc(-c3ncc4c(N5CC6CCC(C5)N6)nc(OC[C@]56CCCC5CC[C@H](CN(C)C(=O)CCNc5cccc7c5C(=O)N(C5CCC(=O)NC5=O)C7=O)CC6)nc4c3F)c12. The number of nitrogens with one attached hydrogen (secondary N) is 3. The van der Waals surface area contributed by atoms with Gasteiger partial charge in [0.1, 0.15) is 34.6 Å². The number of rotatable bonds is 12. The molecule has 6 aliphatic rings. The van der Waals surface area contributed by atoms with E-state index in [2.05, 4.69) is 31.8 Å². The first kappa shape index (κ1) is 47.1. The summed E-state index contributed by atoms with van der Waals surface area (Å²) in [5, 5.41) is 20.9. The van der Waals surface area contributed by atoms with Crippen LogP contribution in [0.25, 0.3) is 32.9 Å². The van der Waals surface area contributed by atoms with E-state index < -0.39 is 41.3 Å². The van der Waals surface area contributed by atoms with E-state index in [1.165, 1.54) is 36.5 Å². The highest BCUT2D eigenvalue weighted by Gasteiger charge is 2.47. The number of benzene rings is 3. The van der Waals surface area contributed by atoms with Gasteiger partial charge in [0.15, 0.2) is 5.82 Å². The quantitative estimate of drug-likeness (QED) is 0.0785. The van der Waals surface area contributed by atoms with Crippen molar-refractivity contribution in [3.05, 3.63) is 77.0 Å². The zero-order valence-electron chi connectivity index (χ0n) is 39.9. The smallest absolute Gasteiger partial charge is 0.319 e. The highest BCUT2D eigenvalue weighted by Crippen LogP contribution is 2.52. The summed E-state index contributed by atoms with van der Waals surface area (Å²) in [7, 11) is 1.81. The maximum Gasteiger partial charge on any atom is 0.319 e. The fraction of sp³-hybridized carbons (Fsp3) is 0.444. The molecule has 372 valence electrons. The average molecular weight is 980 g/mol. The van der Waals surface area contributed by atoms with Crippen LogP contribution in [0.3, 0.4) is 0 Å². The van der Waals surface area contributed by atoms with Crippen LogP contribution in [-0.4, -0.2) is 117 Å². The number of aromatic hydroxyl groups is 1. The van der Waals surface area contributed by atoms with Gasteiger partial charge in [0.05, 0.1) is 28.7 Å². The number of phenols is 1.